The molecule has 0 heterocycles. The topological polar surface area (TPSA) is 35.2 Å². The monoisotopic (exact) mass is 267 g/mol. The van der Waals surface area contributed by atoms with Gasteiger partial charge in [-0.1, -0.05) is 37.4 Å². The van der Waals surface area contributed by atoms with Gasteiger partial charge in [0.15, 0.2) is 0 Å². The maximum atomic E-state index is 6.22. The summed E-state index contributed by atoms with van der Waals surface area (Å²) in [6.07, 6.45) is 6.49. The number of benzene rings is 1. The van der Waals surface area contributed by atoms with Crippen molar-refractivity contribution in [3.63, 3.8) is 0 Å². The molecule has 2 rings (SSSR count). The summed E-state index contributed by atoms with van der Waals surface area (Å²) in [5, 5.41) is 0.677. The molecule has 1 aliphatic rings. The maximum Gasteiger partial charge on any atom is 0.138 e. The SMILES string of the molecule is CCC1CCCC(Oc2ccc(CN)cc2Cl)C1. The Bertz CT molecular complexity index is 394. The Morgan fingerprint density at radius 3 is 2.89 bits per heavy atom. The molecule has 0 saturated heterocycles. The summed E-state index contributed by atoms with van der Waals surface area (Å²) in [6, 6.07) is 5.83. The van der Waals surface area contributed by atoms with E-state index in [1.54, 1.807) is 0 Å². The maximum absolute atomic E-state index is 6.22. The van der Waals surface area contributed by atoms with Crippen LogP contribution in [0.2, 0.25) is 5.02 Å². The number of nitrogens with two attached hydrogens (primary N) is 1. The van der Waals surface area contributed by atoms with Crippen LogP contribution in [-0.4, -0.2) is 6.10 Å². The van der Waals surface area contributed by atoms with Crippen LogP contribution in [0.15, 0.2) is 18.2 Å². The first-order valence-electron chi connectivity index (χ1n) is 6.88. The van der Waals surface area contributed by atoms with Crippen molar-refractivity contribution in [2.24, 2.45) is 11.7 Å². The van der Waals surface area contributed by atoms with Crippen LogP contribution in [0.4, 0.5) is 0 Å². The molecule has 2 nitrogen and oxygen atoms in total. The van der Waals surface area contributed by atoms with Crippen LogP contribution in [-0.2, 0) is 6.54 Å². The smallest absolute Gasteiger partial charge is 0.138 e. The van der Waals surface area contributed by atoms with Gasteiger partial charge in [-0.2, -0.15) is 0 Å². The lowest BCUT2D eigenvalue weighted by atomic mass is 9.85. The third-order valence-corrected chi connectivity index (χ3v) is 4.13. The number of rotatable bonds is 4. The Balaban J connectivity index is 2.00. The molecule has 0 aliphatic heterocycles. The molecule has 0 aromatic heterocycles. The summed E-state index contributed by atoms with van der Waals surface area (Å²) in [5.41, 5.74) is 6.63. The normalized spacial score (nSPS) is 23.9. The first-order chi connectivity index (χ1) is 8.72. The van der Waals surface area contributed by atoms with E-state index in [2.05, 4.69) is 6.92 Å². The summed E-state index contributed by atoms with van der Waals surface area (Å²) in [5.74, 6) is 1.61. The van der Waals surface area contributed by atoms with E-state index >= 15 is 0 Å². The Morgan fingerprint density at radius 2 is 2.22 bits per heavy atom. The van der Waals surface area contributed by atoms with Crippen molar-refractivity contribution in [2.45, 2.75) is 51.7 Å². The minimum absolute atomic E-state index is 0.324. The second-order valence-corrected chi connectivity index (χ2v) is 5.56. The quantitative estimate of drug-likeness (QED) is 0.890. The lowest BCUT2D eigenvalue weighted by molar-refractivity contribution is 0.122. The minimum atomic E-state index is 0.324. The molecule has 1 aliphatic carbocycles. The lowest BCUT2D eigenvalue weighted by Crippen LogP contribution is -2.25. The molecule has 2 N–H and O–H groups in total. The summed E-state index contributed by atoms with van der Waals surface area (Å²) < 4.78 is 6.04. The van der Waals surface area contributed by atoms with Gasteiger partial charge in [0.25, 0.3) is 0 Å². The van der Waals surface area contributed by atoms with Crippen molar-refractivity contribution in [3.8, 4) is 5.75 Å². The predicted octanol–water partition coefficient (Wildman–Crippen LogP) is 4.15. The zero-order valence-electron chi connectivity index (χ0n) is 11.0. The fraction of sp³-hybridized carbons (Fsp3) is 0.600. The molecule has 100 valence electrons. The van der Waals surface area contributed by atoms with Crippen molar-refractivity contribution < 1.29 is 4.74 Å². The van der Waals surface area contributed by atoms with Crippen molar-refractivity contribution in [3.05, 3.63) is 28.8 Å². The van der Waals surface area contributed by atoms with Crippen LogP contribution < -0.4 is 10.5 Å². The van der Waals surface area contributed by atoms with Gasteiger partial charge in [-0.25, -0.2) is 0 Å². The predicted molar refractivity (Wildman–Crippen MR) is 76.0 cm³/mol. The van der Waals surface area contributed by atoms with Crippen LogP contribution >= 0.6 is 11.6 Å². The first kappa shape index (κ1) is 13.7. The molecular formula is C15H22ClNO. The molecule has 1 saturated carbocycles. The highest BCUT2D eigenvalue weighted by atomic mass is 35.5. The third-order valence-electron chi connectivity index (χ3n) is 3.84. The minimum Gasteiger partial charge on any atom is -0.489 e. The highest BCUT2D eigenvalue weighted by molar-refractivity contribution is 6.32. The average Bonchev–Trinajstić information content (AvgIpc) is 2.41. The Hall–Kier alpha value is -0.730. The zero-order chi connectivity index (χ0) is 13.0. The third kappa shape index (κ3) is 3.39. The van der Waals surface area contributed by atoms with E-state index in [-0.39, 0.29) is 0 Å². The summed E-state index contributed by atoms with van der Waals surface area (Å²) in [4.78, 5) is 0. The fourth-order valence-electron chi connectivity index (χ4n) is 2.67. The molecule has 1 aromatic carbocycles. The van der Waals surface area contributed by atoms with E-state index in [4.69, 9.17) is 22.1 Å². The summed E-state index contributed by atoms with van der Waals surface area (Å²) >= 11 is 6.22. The molecular weight excluding hydrogens is 246 g/mol. The molecule has 3 heteroatoms. The molecule has 2 atom stereocenters. The van der Waals surface area contributed by atoms with Gasteiger partial charge in [0.05, 0.1) is 11.1 Å². The van der Waals surface area contributed by atoms with E-state index in [1.807, 2.05) is 18.2 Å². The van der Waals surface area contributed by atoms with E-state index in [9.17, 15) is 0 Å². The molecule has 0 spiro atoms. The van der Waals surface area contributed by atoms with Crippen molar-refractivity contribution in [2.75, 3.05) is 0 Å². The van der Waals surface area contributed by atoms with Gasteiger partial charge < -0.3 is 10.5 Å². The van der Waals surface area contributed by atoms with E-state index in [0.29, 0.717) is 17.7 Å². The van der Waals surface area contributed by atoms with E-state index < -0.39 is 0 Å². The van der Waals surface area contributed by atoms with Crippen molar-refractivity contribution in [1.82, 2.24) is 0 Å². The fourth-order valence-corrected chi connectivity index (χ4v) is 2.91. The number of hydrogen-bond acceptors (Lipinski definition) is 2. The standard InChI is InChI=1S/C15H22ClNO/c1-2-11-4-3-5-13(8-11)18-15-7-6-12(10-17)9-14(15)16/h6-7,9,11,13H,2-5,8,10,17H2,1H3. The van der Waals surface area contributed by atoms with E-state index in [1.165, 1.54) is 19.3 Å². The number of ether oxygens (including phenoxy) is 1. The average molecular weight is 268 g/mol. The van der Waals surface area contributed by atoms with Crippen molar-refractivity contribution >= 4 is 11.6 Å². The number of hydrogen-bond donors (Lipinski definition) is 1. The van der Waals surface area contributed by atoms with Crippen LogP contribution in [0.5, 0.6) is 5.75 Å². The van der Waals surface area contributed by atoms with Crippen LogP contribution in [0, 0.1) is 5.92 Å². The Labute approximate surface area is 114 Å². The zero-order valence-corrected chi connectivity index (χ0v) is 11.7. The largest absolute Gasteiger partial charge is 0.489 e. The van der Waals surface area contributed by atoms with E-state index in [0.717, 1.165) is 30.1 Å². The summed E-state index contributed by atoms with van der Waals surface area (Å²) in [7, 11) is 0. The van der Waals surface area contributed by atoms with Crippen LogP contribution in [0.25, 0.3) is 0 Å². The Kier molecular flexibility index (Phi) is 4.90. The van der Waals surface area contributed by atoms with Gasteiger partial charge in [0, 0.05) is 6.54 Å². The second-order valence-electron chi connectivity index (χ2n) is 5.15. The van der Waals surface area contributed by atoms with Gasteiger partial charge in [-0.3, -0.25) is 0 Å². The van der Waals surface area contributed by atoms with Gasteiger partial charge in [0.2, 0.25) is 0 Å². The van der Waals surface area contributed by atoms with Crippen molar-refractivity contribution in [1.29, 1.82) is 0 Å². The molecule has 18 heavy (non-hydrogen) atoms. The highest BCUT2D eigenvalue weighted by Gasteiger charge is 2.22. The molecule has 0 radical (unpaired) electrons. The molecule has 1 aromatic rings. The van der Waals surface area contributed by atoms with Crippen LogP contribution in [0.1, 0.15) is 44.6 Å². The molecule has 0 bridgehead atoms. The van der Waals surface area contributed by atoms with Gasteiger partial charge >= 0.3 is 0 Å². The van der Waals surface area contributed by atoms with Gasteiger partial charge in [0.1, 0.15) is 5.75 Å². The Morgan fingerprint density at radius 1 is 1.39 bits per heavy atom. The van der Waals surface area contributed by atoms with Gasteiger partial charge in [-0.05, 0) is 42.9 Å². The first-order valence-corrected chi connectivity index (χ1v) is 7.25. The lowest BCUT2D eigenvalue weighted by Gasteiger charge is -2.29. The summed E-state index contributed by atoms with van der Waals surface area (Å²) in [6.45, 7) is 2.78. The molecule has 1 fully saturated rings. The van der Waals surface area contributed by atoms with Crippen LogP contribution in [0.3, 0.4) is 0 Å². The molecule has 0 amide bonds. The van der Waals surface area contributed by atoms with Gasteiger partial charge in [-0.15, -0.1) is 0 Å². The number of halogens is 1. The highest BCUT2D eigenvalue weighted by Crippen LogP contribution is 2.32. The second kappa shape index (κ2) is 6.44. The molecule has 2 unspecified atom stereocenters.